The molecule has 8 heteroatoms. The number of halogens is 1. The number of carbonyl (C=O) groups excluding carboxylic acids is 4. The lowest BCUT2D eigenvalue weighted by Crippen LogP contribution is -2.67. The quantitative estimate of drug-likeness (QED) is 0.569. The van der Waals surface area contributed by atoms with Crippen LogP contribution in [0.3, 0.4) is 0 Å². The number of carbonyl (C=O) groups is 4. The Morgan fingerprint density at radius 2 is 1.79 bits per heavy atom. The van der Waals surface area contributed by atoms with Crippen LogP contribution in [0.2, 0.25) is 5.02 Å². The van der Waals surface area contributed by atoms with E-state index >= 15 is 0 Å². The molecule has 2 heterocycles. The molecule has 2 aliphatic rings. The van der Waals surface area contributed by atoms with Crippen LogP contribution in [-0.2, 0) is 14.3 Å². The summed E-state index contributed by atoms with van der Waals surface area (Å²) in [4.78, 5) is 53.6. The van der Waals surface area contributed by atoms with Crippen molar-refractivity contribution in [3.8, 4) is 0 Å². The van der Waals surface area contributed by atoms with E-state index in [9.17, 15) is 19.2 Å². The van der Waals surface area contributed by atoms with Crippen molar-refractivity contribution in [1.29, 1.82) is 0 Å². The Balaban J connectivity index is 1.65. The molecule has 2 amide bonds. The number of likely N-dealkylation sites (N-methyl/N-ethyl adjacent to an activating group) is 1. The molecule has 0 unspecified atom stereocenters. The highest BCUT2D eigenvalue weighted by molar-refractivity contribution is 6.34. The minimum atomic E-state index is -1.61. The van der Waals surface area contributed by atoms with Gasteiger partial charge in [-0.1, -0.05) is 35.9 Å². The number of rotatable bonds is 4. The molecule has 7 nitrogen and oxygen atoms in total. The van der Waals surface area contributed by atoms with E-state index < -0.39 is 24.0 Å². The zero-order valence-electron chi connectivity index (χ0n) is 15.6. The third-order valence-corrected chi connectivity index (χ3v) is 5.71. The number of hydrogen-bond acceptors (Lipinski definition) is 5. The summed E-state index contributed by atoms with van der Waals surface area (Å²) in [6.07, 6.45) is 0.168. The van der Waals surface area contributed by atoms with E-state index in [-0.39, 0.29) is 35.2 Å². The van der Waals surface area contributed by atoms with Crippen molar-refractivity contribution >= 4 is 40.9 Å². The standard InChI is InChI=1S/C21H17ClN2O5/c1-23-19(27)14-7-3-5-9-16(14)24-18(26)10-11-21(23,24)20(28)29-12-17(25)13-6-2-4-8-15(13)22/h2-9H,10-12H2,1H3/t21-/m0/s1. The molecule has 29 heavy (non-hydrogen) atoms. The van der Waals surface area contributed by atoms with Crippen molar-refractivity contribution < 1.29 is 23.9 Å². The molecule has 0 aromatic heterocycles. The summed E-state index contributed by atoms with van der Waals surface area (Å²) in [6.45, 7) is -0.546. The van der Waals surface area contributed by atoms with Gasteiger partial charge in [0.2, 0.25) is 17.4 Å². The highest BCUT2D eigenvalue weighted by Gasteiger charge is 2.60. The van der Waals surface area contributed by atoms with E-state index in [1.54, 1.807) is 42.5 Å². The van der Waals surface area contributed by atoms with Crippen LogP contribution in [0.15, 0.2) is 48.5 Å². The van der Waals surface area contributed by atoms with Crippen LogP contribution in [0, 0.1) is 0 Å². The Labute approximate surface area is 171 Å². The Morgan fingerprint density at radius 1 is 1.10 bits per heavy atom. The normalized spacial score (nSPS) is 20.3. The molecular formula is C21H17ClN2O5. The fourth-order valence-electron chi connectivity index (χ4n) is 3.90. The van der Waals surface area contributed by atoms with Crippen molar-refractivity contribution in [3.63, 3.8) is 0 Å². The molecular weight excluding hydrogens is 396 g/mol. The third-order valence-electron chi connectivity index (χ3n) is 5.38. The summed E-state index contributed by atoms with van der Waals surface area (Å²) < 4.78 is 5.30. The highest BCUT2D eigenvalue weighted by atomic mass is 35.5. The SMILES string of the molecule is CN1C(=O)c2ccccc2N2C(=O)CC[C@]12C(=O)OCC(=O)c1ccccc1Cl. The van der Waals surface area contributed by atoms with Gasteiger partial charge in [-0.3, -0.25) is 19.3 Å². The van der Waals surface area contributed by atoms with Crippen molar-refractivity contribution in [3.05, 3.63) is 64.7 Å². The zero-order valence-corrected chi connectivity index (χ0v) is 16.3. The Bertz CT molecular complexity index is 1050. The molecule has 0 radical (unpaired) electrons. The van der Waals surface area contributed by atoms with Gasteiger partial charge in [0.15, 0.2) is 6.61 Å². The Kier molecular flexibility index (Phi) is 4.62. The first-order valence-corrected chi connectivity index (χ1v) is 9.41. The molecule has 2 aliphatic heterocycles. The number of para-hydroxylation sites is 1. The lowest BCUT2D eigenvalue weighted by atomic mass is 9.97. The van der Waals surface area contributed by atoms with Crippen LogP contribution in [0.4, 0.5) is 5.69 Å². The van der Waals surface area contributed by atoms with E-state index in [0.29, 0.717) is 11.3 Å². The monoisotopic (exact) mass is 412 g/mol. The average molecular weight is 413 g/mol. The number of esters is 1. The van der Waals surface area contributed by atoms with Gasteiger partial charge in [-0.15, -0.1) is 0 Å². The minimum absolute atomic E-state index is 0.0829. The molecule has 2 aromatic rings. The smallest absolute Gasteiger partial charge is 0.354 e. The second-order valence-electron chi connectivity index (χ2n) is 6.91. The predicted octanol–water partition coefficient (Wildman–Crippen LogP) is 2.67. The van der Waals surface area contributed by atoms with Gasteiger partial charge < -0.3 is 9.64 Å². The lowest BCUT2D eigenvalue weighted by Gasteiger charge is -2.46. The van der Waals surface area contributed by atoms with Crippen LogP contribution >= 0.6 is 11.6 Å². The fourth-order valence-corrected chi connectivity index (χ4v) is 4.14. The fraction of sp³-hybridized carbons (Fsp3) is 0.238. The molecule has 0 N–H and O–H groups in total. The van der Waals surface area contributed by atoms with Gasteiger partial charge in [0.1, 0.15) is 0 Å². The van der Waals surface area contributed by atoms with Gasteiger partial charge in [0.05, 0.1) is 16.3 Å². The maximum atomic E-state index is 13.1. The number of nitrogens with zero attached hydrogens (tertiary/aromatic N) is 2. The molecule has 0 spiro atoms. The Hall–Kier alpha value is -3.19. The van der Waals surface area contributed by atoms with Gasteiger partial charge in [-0.05, 0) is 24.3 Å². The summed E-state index contributed by atoms with van der Waals surface area (Å²) in [6, 6.07) is 13.1. The topological polar surface area (TPSA) is 84.0 Å². The average Bonchev–Trinajstić information content (AvgIpc) is 3.09. The van der Waals surface area contributed by atoms with E-state index in [2.05, 4.69) is 0 Å². The molecule has 1 fully saturated rings. The molecule has 148 valence electrons. The van der Waals surface area contributed by atoms with Gasteiger partial charge in [-0.2, -0.15) is 0 Å². The van der Waals surface area contributed by atoms with Crippen molar-refractivity contribution in [2.24, 2.45) is 0 Å². The number of amides is 2. The molecule has 0 bridgehead atoms. The lowest BCUT2D eigenvalue weighted by molar-refractivity contribution is -0.155. The highest BCUT2D eigenvalue weighted by Crippen LogP contribution is 2.44. The maximum Gasteiger partial charge on any atom is 0.354 e. The summed E-state index contributed by atoms with van der Waals surface area (Å²) >= 11 is 6.02. The second kappa shape index (κ2) is 7.00. The van der Waals surface area contributed by atoms with Crippen molar-refractivity contribution in [1.82, 2.24) is 4.90 Å². The first-order valence-electron chi connectivity index (χ1n) is 9.03. The van der Waals surface area contributed by atoms with E-state index in [1.807, 2.05) is 0 Å². The van der Waals surface area contributed by atoms with E-state index in [1.165, 1.54) is 22.9 Å². The minimum Gasteiger partial charge on any atom is -0.454 e. The Morgan fingerprint density at radius 3 is 2.55 bits per heavy atom. The summed E-state index contributed by atoms with van der Waals surface area (Å²) in [7, 11) is 1.46. The largest absolute Gasteiger partial charge is 0.454 e. The second-order valence-corrected chi connectivity index (χ2v) is 7.31. The van der Waals surface area contributed by atoms with E-state index in [0.717, 1.165) is 0 Å². The zero-order chi connectivity index (χ0) is 20.8. The number of Topliss-reactive ketones (excluding diaryl/α,β-unsaturated/α-hetero) is 1. The summed E-state index contributed by atoms with van der Waals surface area (Å²) in [5.41, 5.74) is -0.672. The summed E-state index contributed by atoms with van der Waals surface area (Å²) in [5.74, 6) is -1.97. The predicted molar refractivity (Wildman–Crippen MR) is 105 cm³/mol. The molecule has 1 atom stereocenters. The van der Waals surface area contributed by atoms with Crippen LogP contribution in [0.1, 0.15) is 33.6 Å². The van der Waals surface area contributed by atoms with Crippen LogP contribution in [0.5, 0.6) is 0 Å². The van der Waals surface area contributed by atoms with Gasteiger partial charge in [0.25, 0.3) is 5.91 Å². The number of ketones is 1. The first kappa shape index (κ1) is 19.1. The maximum absolute atomic E-state index is 13.1. The molecule has 0 saturated carbocycles. The van der Waals surface area contributed by atoms with Crippen LogP contribution in [-0.4, -0.2) is 47.8 Å². The number of hydrogen-bond donors (Lipinski definition) is 0. The number of benzene rings is 2. The number of anilines is 1. The van der Waals surface area contributed by atoms with Gasteiger partial charge in [-0.25, -0.2) is 4.79 Å². The molecule has 4 rings (SSSR count). The third kappa shape index (κ3) is 2.81. The molecule has 1 saturated heterocycles. The van der Waals surface area contributed by atoms with Crippen molar-refractivity contribution in [2.45, 2.75) is 18.5 Å². The summed E-state index contributed by atoms with van der Waals surface area (Å²) in [5, 5.41) is 0.253. The van der Waals surface area contributed by atoms with Gasteiger partial charge >= 0.3 is 5.97 Å². The number of fused-ring (bicyclic) bond motifs is 3. The van der Waals surface area contributed by atoms with Gasteiger partial charge in [0, 0.05) is 25.5 Å². The first-order chi connectivity index (χ1) is 13.9. The molecule has 2 aromatic carbocycles. The number of ether oxygens (including phenoxy) is 1. The van der Waals surface area contributed by atoms with E-state index in [4.69, 9.17) is 16.3 Å². The van der Waals surface area contributed by atoms with Crippen LogP contribution < -0.4 is 4.90 Å². The van der Waals surface area contributed by atoms with Crippen LogP contribution in [0.25, 0.3) is 0 Å². The van der Waals surface area contributed by atoms with Crippen molar-refractivity contribution in [2.75, 3.05) is 18.6 Å². The molecule has 0 aliphatic carbocycles.